The van der Waals surface area contributed by atoms with Gasteiger partial charge in [0.2, 0.25) is 10.0 Å². The third-order valence-corrected chi connectivity index (χ3v) is 4.55. The van der Waals surface area contributed by atoms with E-state index < -0.39 is 10.0 Å². The fourth-order valence-corrected chi connectivity index (χ4v) is 2.98. The molecule has 0 aromatic carbocycles. The summed E-state index contributed by atoms with van der Waals surface area (Å²) in [7, 11) is -3.39. The second-order valence-electron chi connectivity index (χ2n) is 3.67. The van der Waals surface area contributed by atoms with Crippen LogP contribution < -0.4 is 5.73 Å². The second-order valence-corrected chi connectivity index (χ2v) is 5.61. The number of nitrogens with two attached hydrogens (primary N) is 1. The van der Waals surface area contributed by atoms with Gasteiger partial charge in [-0.1, -0.05) is 13.8 Å². The molecule has 1 rings (SSSR count). The van der Waals surface area contributed by atoms with Crippen LogP contribution in [0.1, 0.15) is 20.3 Å². The van der Waals surface area contributed by atoms with Gasteiger partial charge in [-0.15, -0.1) is 0 Å². The van der Waals surface area contributed by atoms with E-state index in [1.54, 1.807) is 10.9 Å². The molecule has 0 fully saturated rings. The maximum atomic E-state index is 12.1. The van der Waals surface area contributed by atoms with E-state index >= 15 is 0 Å². The molecule has 17 heavy (non-hydrogen) atoms. The molecule has 0 radical (unpaired) electrons. The first-order chi connectivity index (χ1) is 8.06. The topological polar surface area (TPSA) is 81.2 Å². The highest BCUT2D eigenvalue weighted by molar-refractivity contribution is 7.89. The Balaban J connectivity index is 2.88. The Bertz CT molecular complexity index is 437. The van der Waals surface area contributed by atoms with E-state index in [9.17, 15) is 8.42 Å². The maximum Gasteiger partial charge on any atom is 0.246 e. The number of nitrogens with zero attached hydrogens (tertiary/aromatic N) is 3. The summed E-state index contributed by atoms with van der Waals surface area (Å²) in [4.78, 5) is 0.248. The van der Waals surface area contributed by atoms with Gasteiger partial charge >= 0.3 is 0 Å². The standard InChI is InChI=1S/C10H20N4O2S/c1-3-14(4-2)17(15,16)10-8-12-13(9-10)7-5-6-11/h8-9H,3-7,11H2,1-2H3. The Hall–Kier alpha value is -0.920. The van der Waals surface area contributed by atoms with Crippen LogP contribution in [0.3, 0.4) is 0 Å². The van der Waals surface area contributed by atoms with Crippen LogP contribution in [0, 0.1) is 0 Å². The summed E-state index contributed by atoms with van der Waals surface area (Å²) in [5.74, 6) is 0. The normalized spacial score (nSPS) is 12.2. The van der Waals surface area contributed by atoms with Crippen molar-refractivity contribution in [3.8, 4) is 0 Å². The number of sulfonamides is 1. The molecule has 6 nitrogen and oxygen atoms in total. The Morgan fingerprint density at radius 2 is 2.06 bits per heavy atom. The third-order valence-electron chi connectivity index (χ3n) is 2.54. The third kappa shape index (κ3) is 3.27. The van der Waals surface area contributed by atoms with E-state index in [0.717, 1.165) is 6.42 Å². The minimum absolute atomic E-state index is 0.248. The molecule has 1 aromatic heterocycles. The Labute approximate surface area is 102 Å². The van der Waals surface area contributed by atoms with Crippen LogP contribution in [0.25, 0.3) is 0 Å². The molecule has 0 spiro atoms. The first-order valence-corrected chi connectivity index (χ1v) is 7.22. The second kappa shape index (κ2) is 6.13. The van der Waals surface area contributed by atoms with E-state index in [1.807, 2.05) is 13.8 Å². The quantitative estimate of drug-likeness (QED) is 0.762. The molecular formula is C10H20N4O2S. The van der Waals surface area contributed by atoms with Gasteiger partial charge in [-0.25, -0.2) is 8.42 Å². The summed E-state index contributed by atoms with van der Waals surface area (Å²) < 4.78 is 27.3. The zero-order valence-corrected chi connectivity index (χ0v) is 11.2. The van der Waals surface area contributed by atoms with Gasteiger partial charge in [0.05, 0.1) is 6.20 Å². The fourth-order valence-electron chi connectivity index (χ4n) is 1.57. The van der Waals surface area contributed by atoms with Gasteiger partial charge in [0, 0.05) is 25.8 Å². The minimum Gasteiger partial charge on any atom is -0.330 e. The van der Waals surface area contributed by atoms with Crippen LogP contribution in [0.2, 0.25) is 0 Å². The number of rotatable bonds is 7. The lowest BCUT2D eigenvalue weighted by atomic mass is 10.4. The molecule has 98 valence electrons. The summed E-state index contributed by atoms with van der Waals surface area (Å²) >= 11 is 0. The van der Waals surface area contributed by atoms with Crippen molar-refractivity contribution < 1.29 is 8.42 Å². The van der Waals surface area contributed by atoms with Gasteiger partial charge in [0.15, 0.2) is 0 Å². The average Bonchev–Trinajstić information content (AvgIpc) is 2.77. The van der Waals surface area contributed by atoms with Crippen molar-refractivity contribution in [1.29, 1.82) is 0 Å². The van der Waals surface area contributed by atoms with Crippen LogP contribution in [-0.4, -0.2) is 42.1 Å². The SMILES string of the molecule is CCN(CC)S(=O)(=O)c1cnn(CCCN)c1. The molecule has 0 saturated heterocycles. The largest absolute Gasteiger partial charge is 0.330 e. The van der Waals surface area contributed by atoms with Gasteiger partial charge in [-0.2, -0.15) is 9.40 Å². The van der Waals surface area contributed by atoms with Crippen molar-refractivity contribution in [2.24, 2.45) is 5.73 Å². The molecule has 0 aliphatic rings. The molecule has 0 bridgehead atoms. The maximum absolute atomic E-state index is 12.1. The zero-order valence-electron chi connectivity index (χ0n) is 10.3. The summed E-state index contributed by atoms with van der Waals surface area (Å²) in [6, 6.07) is 0. The summed E-state index contributed by atoms with van der Waals surface area (Å²) in [6.45, 7) is 5.78. The van der Waals surface area contributed by atoms with E-state index in [0.29, 0.717) is 26.2 Å². The smallest absolute Gasteiger partial charge is 0.246 e. The Kier molecular flexibility index (Phi) is 5.10. The van der Waals surface area contributed by atoms with E-state index in [2.05, 4.69) is 5.10 Å². The van der Waals surface area contributed by atoms with Crippen molar-refractivity contribution in [2.75, 3.05) is 19.6 Å². The lowest BCUT2D eigenvalue weighted by Gasteiger charge is -2.16. The van der Waals surface area contributed by atoms with Crippen LogP contribution in [-0.2, 0) is 16.6 Å². The summed E-state index contributed by atoms with van der Waals surface area (Å²) in [5.41, 5.74) is 5.39. The van der Waals surface area contributed by atoms with E-state index in [1.165, 1.54) is 10.5 Å². The van der Waals surface area contributed by atoms with Crippen molar-refractivity contribution >= 4 is 10.0 Å². The molecule has 0 aliphatic carbocycles. The van der Waals surface area contributed by atoms with Gasteiger partial charge in [-0.3, -0.25) is 4.68 Å². The highest BCUT2D eigenvalue weighted by Gasteiger charge is 2.22. The average molecular weight is 260 g/mol. The highest BCUT2D eigenvalue weighted by Crippen LogP contribution is 2.14. The first-order valence-electron chi connectivity index (χ1n) is 5.78. The molecule has 0 atom stereocenters. The number of aryl methyl sites for hydroxylation is 1. The molecule has 0 amide bonds. The molecule has 7 heteroatoms. The molecule has 1 aromatic rings. The number of aromatic nitrogens is 2. The molecule has 0 unspecified atom stereocenters. The Morgan fingerprint density at radius 3 is 2.59 bits per heavy atom. The van der Waals surface area contributed by atoms with Crippen LogP contribution in [0.5, 0.6) is 0 Å². The van der Waals surface area contributed by atoms with E-state index in [4.69, 9.17) is 5.73 Å². The molecule has 2 N–H and O–H groups in total. The summed E-state index contributed by atoms with van der Waals surface area (Å²) in [6.07, 6.45) is 3.74. The zero-order chi connectivity index (χ0) is 12.9. The Morgan fingerprint density at radius 1 is 1.41 bits per heavy atom. The molecule has 0 aliphatic heterocycles. The molecular weight excluding hydrogens is 240 g/mol. The van der Waals surface area contributed by atoms with Crippen molar-refractivity contribution in [3.63, 3.8) is 0 Å². The van der Waals surface area contributed by atoms with Gasteiger partial charge in [-0.05, 0) is 13.0 Å². The monoisotopic (exact) mass is 260 g/mol. The lowest BCUT2D eigenvalue weighted by Crippen LogP contribution is -2.30. The minimum atomic E-state index is -3.39. The van der Waals surface area contributed by atoms with Gasteiger partial charge < -0.3 is 5.73 Å². The van der Waals surface area contributed by atoms with Crippen molar-refractivity contribution in [1.82, 2.24) is 14.1 Å². The molecule has 1 heterocycles. The van der Waals surface area contributed by atoms with Crippen molar-refractivity contribution in [2.45, 2.75) is 31.7 Å². The van der Waals surface area contributed by atoms with Crippen LogP contribution in [0.15, 0.2) is 17.3 Å². The first kappa shape index (κ1) is 14.1. The van der Waals surface area contributed by atoms with Gasteiger partial charge in [0.25, 0.3) is 0 Å². The van der Waals surface area contributed by atoms with Crippen molar-refractivity contribution in [3.05, 3.63) is 12.4 Å². The van der Waals surface area contributed by atoms with Crippen LogP contribution in [0.4, 0.5) is 0 Å². The van der Waals surface area contributed by atoms with Gasteiger partial charge in [0.1, 0.15) is 4.90 Å². The highest BCUT2D eigenvalue weighted by atomic mass is 32.2. The predicted octanol–water partition coefficient (Wildman–Crippen LogP) is 0.262. The fraction of sp³-hybridized carbons (Fsp3) is 0.700. The van der Waals surface area contributed by atoms with E-state index in [-0.39, 0.29) is 4.90 Å². The summed E-state index contributed by atoms with van der Waals surface area (Å²) in [5, 5.41) is 4.03. The molecule has 0 saturated carbocycles. The number of hydrogen-bond donors (Lipinski definition) is 1. The lowest BCUT2D eigenvalue weighted by molar-refractivity contribution is 0.445. The number of hydrogen-bond acceptors (Lipinski definition) is 4. The van der Waals surface area contributed by atoms with Crippen LogP contribution >= 0.6 is 0 Å². The predicted molar refractivity (Wildman–Crippen MR) is 66.0 cm³/mol.